The zero-order chi connectivity index (χ0) is 9.68. The number of nitrogens with zero attached hydrogens (tertiary/aromatic N) is 1. The van der Waals surface area contributed by atoms with Gasteiger partial charge in [0.2, 0.25) is 0 Å². The number of hydrogen-bond donors (Lipinski definition) is 1. The molecule has 0 saturated heterocycles. The van der Waals surface area contributed by atoms with E-state index < -0.39 is 0 Å². The van der Waals surface area contributed by atoms with Gasteiger partial charge in [0.05, 0.1) is 11.0 Å². The van der Waals surface area contributed by atoms with Crippen molar-refractivity contribution >= 4 is 11.0 Å². The van der Waals surface area contributed by atoms with Crippen molar-refractivity contribution < 1.29 is 0 Å². The van der Waals surface area contributed by atoms with E-state index in [4.69, 9.17) is 0 Å². The molecule has 0 radical (unpaired) electrons. The minimum Gasteiger partial charge on any atom is -0.342 e. The number of aryl methyl sites for hydroxylation is 1. The predicted molar refractivity (Wildman–Crippen MR) is 56.8 cm³/mol. The number of aromatic amines is 1. The molecule has 0 saturated carbocycles. The average Bonchev–Trinajstić information content (AvgIpc) is 2.45. The van der Waals surface area contributed by atoms with Crippen molar-refractivity contribution in [2.24, 2.45) is 0 Å². The Hall–Kier alpha value is -1.31. The van der Waals surface area contributed by atoms with Gasteiger partial charge >= 0.3 is 0 Å². The highest BCUT2D eigenvalue weighted by Gasteiger charge is 1.93. The molecule has 0 bridgehead atoms. The summed E-state index contributed by atoms with van der Waals surface area (Å²) in [4.78, 5) is 7.40. The lowest BCUT2D eigenvalue weighted by Gasteiger charge is -1.81. The number of H-pyrrole nitrogens is 1. The van der Waals surface area contributed by atoms with Gasteiger partial charge in [-0.1, -0.05) is 32.4 Å². The first-order valence-corrected chi connectivity index (χ1v) is 4.69. The predicted octanol–water partition coefficient (Wildman–Crippen LogP) is 3.29. The summed E-state index contributed by atoms with van der Waals surface area (Å²) in [6.07, 6.45) is 1.25. The summed E-state index contributed by atoms with van der Waals surface area (Å²) < 4.78 is 0. The van der Waals surface area contributed by atoms with Crippen LogP contribution in [0.15, 0.2) is 24.3 Å². The molecule has 0 amide bonds. The molecule has 2 rings (SSSR count). The summed E-state index contributed by atoms with van der Waals surface area (Å²) in [5.41, 5.74) is 2.15. The SMILES string of the molecule is CCC.Cc1nc2ccccc2[nH]1. The second kappa shape index (κ2) is 4.65. The normalized spacial score (nSPS) is 9.46. The van der Waals surface area contributed by atoms with E-state index in [1.165, 1.54) is 6.42 Å². The van der Waals surface area contributed by atoms with Gasteiger partial charge in [0.25, 0.3) is 0 Å². The molecule has 0 atom stereocenters. The molecule has 0 unspecified atom stereocenters. The molecule has 70 valence electrons. The van der Waals surface area contributed by atoms with Crippen LogP contribution < -0.4 is 0 Å². The third-order valence-corrected chi connectivity index (χ3v) is 1.51. The zero-order valence-electron chi connectivity index (χ0n) is 8.46. The largest absolute Gasteiger partial charge is 0.342 e. The van der Waals surface area contributed by atoms with Crippen LogP contribution >= 0.6 is 0 Å². The van der Waals surface area contributed by atoms with E-state index in [9.17, 15) is 0 Å². The molecular formula is C11H16N2. The van der Waals surface area contributed by atoms with Crippen LogP contribution in [0.2, 0.25) is 0 Å². The quantitative estimate of drug-likeness (QED) is 0.655. The second-order valence-electron chi connectivity index (χ2n) is 3.05. The molecular weight excluding hydrogens is 160 g/mol. The minimum absolute atomic E-state index is 0.973. The Bertz CT molecular complexity index is 330. The van der Waals surface area contributed by atoms with Crippen LogP contribution in [0.4, 0.5) is 0 Å². The van der Waals surface area contributed by atoms with Gasteiger partial charge in [0.1, 0.15) is 5.82 Å². The summed E-state index contributed by atoms with van der Waals surface area (Å²) in [6.45, 7) is 6.21. The molecule has 2 aromatic rings. The Kier molecular flexibility index (Phi) is 3.50. The maximum absolute atomic E-state index is 4.26. The highest BCUT2D eigenvalue weighted by Crippen LogP contribution is 2.08. The monoisotopic (exact) mass is 176 g/mol. The van der Waals surface area contributed by atoms with Gasteiger partial charge in [-0.05, 0) is 19.1 Å². The molecule has 1 aromatic carbocycles. The zero-order valence-corrected chi connectivity index (χ0v) is 8.46. The Balaban J connectivity index is 0.000000251. The van der Waals surface area contributed by atoms with Crippen molar-refractivity contribution in [3.63, 3.8) is 0 Å². The first kappa shape index (κ1) is 9.78. The van der Waals surface area contributed by atoms with E-state index in [1.54, 1.807) is 0 Å². The lowest BCUT2D eigenvalue weighted by Crippen LogP contribution is -1.68. The van der Waals surface area contributed by atoms with Crippen molar-refractivity contribution in [1.29, 1.82) is 0 Å². The van der Waals surface area contributed by atoms with Crippen molar-refractivity contribution in [1.82, 2.24) is 9.97 Å². The van der Waals surface area contributed by atoms with E-state index in [1.807, 2.05) is 31.2 Å². The lowest BCUT2D eigenvalue weighted by atomic mass is 10.3. The van der Waals surface area contributed by atoms with Gasteiger partial charge < -0.3 is 4.98 Å². The van der Waals surface area contributed by atoms with Gasteiger partial charge in [0.15, 0.2) is 0 Å². The Labute approximate surface area is 79.0 Å². The van der Waals surface area contributed by atoms with Crippen LogP contribution in [0.25, 0.3) is 11.0 Å². The summed E-state index contributed by atoms with van der Waals surface area (Å²) >= 11 is 0. The van der Waals surface area contributed by atoms with Crippen molar-refractivity contribution in [3.05, 3.63) is 30.1 Å². The van der Waals surface area contributed by atoms with Crippen molar-refractivity contribution in [2.75, 3.05) is 0 Å². The third-order valence-electron chi connectivity index (χ3n) is 1.51. The maximum atomic E-state index is 4.26. The van der Waals surface area contributed by atoms with Crippen LogP contribution in [0.5, 0.6) is 0 Å². The minimum atomic E-state index is 0.973. The fourth-order valence-corrected chi connectivity index (χ4v) is 1.08. The fraction of sp³-hybridized carbons (Fsp3) is 0.364. The molecule has 0 aliphatic carbocycles. The standard InChI is InChI=1S/C8H8N2.C3H8/c1-6-9-7-4-2-3-5-8(7)10-6;1-3-2/h2-5H,1H3,(H,9,10);3H2,1-2H3. The van der Waals surface area contributed by atoms with Crippen molar-refractivity contribution in [2.45, 2.75) is 27.2 Å². The molecule has 0 spiro atoms. The molecule has 0 fully saturated rings. The van der Waals surface area contributed by atoms with Gasteiger partial charge in [-0.3, -0.25) is 0 Å². The van der Waals surface area contributed by atoms with Gasteiger partial charge in [0, 0.05) is 0 Å². The number of imidazole rings is 1. The van der Waals surface area contributed by atoms with E-state index in [0.717, 1.165) is 16.9 Å². The summed E-state index contributed by atoms with van der Waals surface area (Å²) in [6, 6.07) is 8.01. The summed E-state index contributed by atoms with van der Waals surface area (Å²) in [5, 5.41) is 0. The molecule has 2 heteroatoms. The van der Waals surface area contributed by atoms with Gasteiger partial charge in [-0.25, -0.2) is 4.98 Å². The third kappa shape index (κ3) is 2.58. The topological polar surface area (TPSA) is 28.7 Å². The van der Waals surface area contributed by atoms with Crippen LogP contribution in [0.1, 0.15) is 26.1 Å². The number of rotatable bonds is 0. The summed E-state index contributed by atoms with van der Waals surface area (Å²) in [7, 11) is 0. The van der Waals surface area contributed by atoms with Crippen LogP contribution in [0.3, 0.4) is 0 Å². The number of para-hydroxylation sites is 2. The number of nitrogens with one attached hydrogen (secondary N) is 1. The molecule has 1 N–H and O–H groups in total. The van der Waals surface area contributed by atoms with E-state index in [2.05, 4.69) is 23.8 Å². The number of aromatic nitrogens is 2. The first-order valence-electron chi connectivity index (χ1n) is 4.69. The van der Waals surface area contributed by atoms with E-state index >= 15 is 0 Å². The molecule has 1 heterocycles. The Morgan fingerprint density at radius 2 is 1.85 bits per heavy atom. The lowest BCUT2D eigenvalue weighted by molar-refractivity contribution is 1.09. The molecule has 0 aliphatic rings. The molecule has 1 aromatic heterocycles. The van der Waals surface area contributed by atoms with Gasteiger partial charge in [-0.15, -0.1) is 0 Å². The molecule has 2 nitrogen and oxygen atoms in total. The maximum Gasteiger partial charge on any atom is 0.104 e. The Morgan fingerprint density at radius 1 is 1.23 bits per heavy atom. The first-order chi connectivity index (χ1) is 6.27. The number of hydrogen-bond acceptors (Lipinski definition) is 1. The van der Waals surface area contributed by atoms with Crippen LogP contribution in [-0.4, -0.2) is 9.97 Å². The summed E-state index contributed by atoms with van der Waals surface area (Å²) in [5.74, 6) is 0.973. The second-order valence-corrected chi connectivity index (χ2v) is 3.05. The number of fused-ring (bicyclic) bond motifs is 1. The van der Waals surface area contributed by atoms with Crippen LogP contribution in [0, 0.1) is 6.92 Å². The molecule has 0 aliphatic heterocycles. The number of benzene rings is 1. The van der Waals surface area contributed by atoms with Crippen LogP contribution in [-0.2, 0) is 0 Å². The van der Waals surface area contributed by atoms with E-state index in [-0.39, 0.29) is 0 Å². The smallest absolute Gasteiger partial charge is 0.104 e. The fourth-order valence-electron chi connectivity index (χ4n) is 1.08. The highest BCUT2D eigenvalue weighted by atomic mass is 14.9. The Morgan fingerprint density at radius 3 is 2.46 bits per heavy atom. The van der Waals surface area contributed by atoms with Gasteiger partial charge in [-0.2, -0.15) is 0 Å². The molecule has 13 heavy (non-hydrogen) atoms. The highest BCUT2D eigenvalue weighted by molar-refractivity contribution is 5.74. The van der Waals surface area contributed by atoms with Crippen molar-refractivity contribution in [3.8, 4) is 0 Å². The van der Waals surface area contributed by atoms with E-state index in [0.29, 0.717) is 0 Å². The average molecular weight is 176 g/mol.